The summed E-state index contributed by atoms with van der Waals surface area (Å²) in [7, 11) is 0. The number of halogens is 1. The van der Waals surface area contributed by atoms with Crippen molar-refractivity contribution < 1.29 is 14.4 Å². The maximum absolute atomic E-state index is 11.8. The van der Waals surface area contributed by atoms with E-state index in [1.807, 2.05) is 0 Å². The van der Waals surface area contributed by atoms with Crippen LogP contribution >= 0.6 is 11.6 Å². The van der Waals surface area contributed by atoms with E-state index in [0.717, 1.165) is 0 Å². The molecular formula is C11H10ClN3O3. The molecule has 7 heteroatoms. The molecule has 1 aliphatic rings. The Labute approximate surface area is 108 Å². The van der Waals surface area contributed by atoms with Crippen molar-refractivity contribution in [2.45, 2.75) is 6.04 Å². The van der Waals surface area contributed by atoms with Gasteiger partial charge in [0.1, 0.15) is 6.04 Å². The lowest BCUT2D eigenvalue weighted by Crippen LogP contribution is -2.41. The van der Waals surface area contributed by atoms with Crippen LogP contribution in [0.4, 0.5) is 4.79 Å². The molecule has 94 valence electrons. The summed E-state index contributed by atoms with van der Waals surface area (Å²) in [5.41, 5.74) is 0.323. The SMILES string of the molecule is O=C1NC(=O)C(CNC(=O)c2ccccc2Cl)N1. The van der Waals surface area contributed by atoms with Gasteiger partial charge in [0.2, 0.25) is 0 Å². The van der Waals surface area contributed by atoms with E-state index >= 15 is 0 Å². The molecule has 1 atom stereocenters. The van der Waals surface area contributed by atoms with E-state index in [9.17, 15) is 14.4 Å². The van der Waals surface area contributed by atoms with Crippen LogP contribution < -0.4 is 16.0 Å². The number of imide groups is 1. The first-order valence-corrected chi connectivity index (χ1v) is 5.60. The first-order valence-electron chi connectivity index (χ1n) is 5.22. The Kier molecular flexibility index (Phi) is 3.47. The van der Waals surface area contributed by atoms with Crippen LogP contribution in [-0.2, 0) is 4.79 Å². The van der Waals surface area contributed by atoms with E-state index in [4.69, 9.17) is 11.6 Å². The summed E-state index contributed by atoms with van der Waals surface area (Å²) < 4.78 is 0. The van der Waals surface area contributed by atoms with Gasteiger partial charge in [-0.1, -0.05) is 23.7 Å². The summed E-state index contributed by atoms with van der Waals surface area (Å²) in [5, 5.41) is 7.32. The van der Waals surface area contributed by atoms with Gasteiger partial charge in [-0.05, 0) is 12.1 Å². The molecule has 3 N–H and O–H groups in total. The Morgan fingerprint density at radius 1 is 1.33 bits per heavy atom. The van der Waals surface area contributed by atoms with Gasteiger partial charge in [-0.15, -0.1) is 0 Å². The molecule has 0 bridgehead atoms. The maximum Gasteiger partial charge on any atom is 0.322 e. The molecule has 0 aliphatic carbocycles. The predicted octanol–water partition coefficient (Wildman–Crippen LogP) is 0.278. The second-order valence-electron chi connectivity index (χ2n) is 3.71. The minimum absolute atomic E-state index is 0.0155. The van der Waals surface area contributed by atoms with E-state index < -0.39 is 23.9 Å². The fraction of sp³-hybridized carbons (Fsp3) is 0.182. The summed E-state index contributed by atoms with van der Waals surface area (Å²) in [4.78, 5) is 33.9. The van der Waals surface area contributed by atoms with Crippen LogP contribution in [0.3, 0.4) is 0 Å². The van der Waals surface area contributed by atoms with Gasteiger partial charge in [0, 0.05) is 6.54 Å². The molecule has 1 fully saturated rings. The predicted molar refractivity (Wildman–Crippen MR) is 64.2 cm³/mol. The highest BCUT2D eigenvalue weighted by Crippen LogP contribution is 2.14. The molecule has 1 heterocycles. The first-order chi connectivity index (χ1) is 8.58. The number of amides is 4. The molecule has 1 saturated heterocycles. The lowest BCUT2D eigenvalue weighted by molar-refractivity contribution is -0.120. The van der Waals surface area contributed by atoms with Crippen LogP contribution in [0.5, 0.6) is 0 Å². The van der Waals surface area contributed by atoms with Crippen LogP contribution in [0.2, 0.25) is 5.02 Å². The zero-order valence-electron chi connectivity index (χ0n) is 9.20. The third-order valence-corrected chi connectivity index (χ3v) is 2.77. The molecule has 1 unspecified atom stereocenters. The highest BCUT2D eigenvalue weighted by atomic mass is 35.5. The summed E-state index contributed by atoms with van der Waals surface area (Å²) in [6.45, 7) is 0.0155. The molecule has 1 aromatic rings. The zero-order chi connectivity index (χ0) is 13.1. The van der Waals surface area contributed by atoms with Crippen molar-refractivity contribution in [3.8, 4) is 0 Å². The highest BCUT2D eigenvalue weighted by molar-refractivity contribution is 6.33. The van der Waals surface area contributed by atoms with Gasteiger partial charge < -0.3 is 10.6 Å². The largest absolute Gasteiger partial charge is 0.349 e. The third-order valence-electron chi connectivity index (χ3n) is 2.44. The second-order valence-corrected chi connectivity index (χ2v) is 4.11. The fourth-order valence-corrected chi connectivity index (χ4v) is 1.76. The van der Waals surface area contributed by atoms with Gasteiger partial charge in [0.15, 0.2) is 0 Å². The van der Waals surface area contributed by atoms with Crippen molar-refractivity contribution >= 4 is 29.4 Å². The van der Waals surface area contributed by atoms with Crippen molar-refractivity contribution in [3.63, 3.8) is 0 Å². The van der Waals surface area contributed by atoms with Crippen molar-refractivity contribution in [2.75, 3.05) is 6.54 Å². The third kappa shape index (κ3) is 2.60. The van der Waals surface area contributed by atoms with Crippen LogP contribution in [0.1, 0.15) is 10.4 Å². The summed E-state index contributed by atoms with van der Waals surface area (Å²) in [6, 6.07) is 5.26. The van der Waals surface area contributed by atoms with E-state index in [-0.39, 0.29) is 6.54 Å². The lowest BCUT2D eigenvalue weighted by Gasteiger charge is -2.09. The Hall–Kier alpha value is -2.08. The quantitative estimate of drug-likeness (QED) is 0.688. The molecular weight excluding hydrogens is 258 g/mol. The number of nitrogens with one attached hydrogen (secondary N) is 3. The minimum Gasteiger partial charge on any atom is -0.349 e. The number of benzene rings is 1. The molecule has 0 radical (unpaired) electrons. The molecule has 1 aromatic carbocycles. The molecule has 2 rings (SSSR count). The number of rotatable bonds is 3. The number of carbonyl (C=O) groups is 3. The van der Waals surface area contributed by atoms with E-state index in [1.165, 1.54) is 0 Å². The number of hydrogen-bond donors (Lipinski definition) is 3. The Balaban J connectivity index is 1.95. The van der Waals surface area contributed by atoms with Gasteiger partial charge in [-0.25, -0.2) is 4.79 Å². The van der Waals surface area contributed by atoms with Gasteiger partial charge in [0.05, 0.1) is 10.6 Å². The van der Waals surface area contributed by atoms with Crippen LogP contribution in [-0.4, -0.2) is 30.4 Å². The van der Waals surface area contributed by atoms with Gasteiger partial charge in [-0.3, -0.25) is 14.9 Å². The van der Waals surface area contributed by atoms with Gasteiger partial charge in [-0.2, -0.15) is 0 Å². The summed E-state index contributed by atoms with van der Waals surface area (Å²) in [6.07, 6.45) is 0. The molecule has 0 spiro atoms. The van der Waals surface area contributed by atoms with Crippen molar-refractivity contribution in [2.24, 2.45) is 0 Å². The van der Waals surface area contributed by atoms with Gasteiger partial charge >= 0.3 is 6.03 Å². The first kappa shape index (κ1) is 12.4. The highest BCUT2D eigenvalue weighted by Gasteiger charge is 2.29. The molecule has 6 nitrogen and oxygen atoms in total. The lowest BCUT2D eigenvalue weighted by atomic mass is 10.2. The zero-order valence-corrected chi connectivity index (χ0v) is 9.95. The standard InChI is InChI=1S/C11H10ClN3O3/c12-7-4-2-1-3-6(7)9(16)13-5-8-10(17)15-11(18)14-8/h1-4,8H,5H2,(H,13,16)(H2,14,15,17,18). The fourth-order valence-electron chi connectivity index (χ4n) is 1.54. The normalized spacial score (nSPS) is 18.2. The number of urea groups is 1. The van der Waals surface area contributed by atoms with Crippen molar-refractivity contribution in [1.29, 1.82) is 0 Å². The van der Waals surface area contributed by atoms with Crippen LogP contribution in [0.15, 0.2) is 24.3 Å². The van der Waals surface area contributed by atoms with E-state index in [1.54, 1.807) is 24.3 Å². The summed E-state index contributed by atoms with van der Waals surface area (Å²) in [5.74, 6) is -0.853. The number of hydrogen-bond acceptors (Lipinski definition) is 3. The monoisotopic (exact) mass is 267 g/mol. The van der Waals surface area contributed by atoms with Crippen LogP contribution in [0.25, 0.3) is 0 Å². The Morgan fingerprint density at radius 3 is 2.67 bits per heavy atom. The van der Waals surface area contributed by atoms with Crippen molar-refractivity contribution in [3.05, 3.63) is 34.9 Å². The second kappa shape index (κ2) is 5.05. The van der Waals surface area contributed by atoms with Crippen LogP contribution in [0, 0.1) is 0 Å². The smallest absolute Gasteiger partial charge is 0.322 e. The molecule has 18 heavy (non-hydrogen) atoms. The van der Waals surface area contributed by atoms with E-state index in [0.29, 0.717) is 10.6 Å². The molecule has 4 amide bonds. The topological polar surface area (TPSA) is 87.3 Å². The molecule has 0 aromatic heterocycles. The average molecular weight is 268 g/mol. The molecule has 0 saturated carbocycles. The maximum atomic E-state index is 11.8. The minimum atomic E-state index is -0.746. The Morgan fingerprint density at radius 2 is 2.06 bits per heavy atom. The summed E-state index contributed by atoms with van der Waals surface area (Å²) >= 11 is 5.86. The van der Waals surface area contributed by atoms with Gasteiger partial charge in [0.25, 0.3) is 11.8 Å². The van der Waals surface area contributed by atoms with Crippen molar-refractivity contribution in [1.82, 2.24) is 16.0 Å². The Bertz CT molecular complexity index is 518. The van der Waals surface area contributed by atoms with E-state index in [2.05, 4.69) is 16.0 Å². The average Bonchev–Trinajstić information content (AvgIpc) is 2.65. The molecule has 1 aliphatic heterocycles. The number of carbonyl (C=O) groups excluding carboxylic acids is 3.